The zero-order valence-electron chi connectivity index (χ0n) is 11.3. The average molecular weight is 295 g/mol. The average Bonchev–Trinajstić information content (AvgIpc) is 3.08. The molecule has 0 N–H and O–H groups in total. The van der Waals surface area contributed by atoms with Gasteiger partial charge in [0.2, 0.25) is 0 Å². The van der Waals surface area contributed by atoms with Crippen LogP contribution < -0.4 is 0 Å². The van der Waals surface area contributed by atoms with Crippen LogP contribution in [0.4, 0.5) is 0 Å². The van der Waals surface area contributed by atoms with Crippen molar-refractivity contribution in [2.75, 3.05) is 12.4 Å². The molecule has 0 aliphatic rings. The molecule has 0 atom stereocenters. The maximum atomic E-state index is 11.2. The molecule has 0 saturated carbocycles. The van der Waals surface area contributed by atoms with Crippen molar-refractivity contribution in [1.29, 1.82) is 0 Å². The summed E-state index contributed by atoms with van der Waals surface area (Å²) in [6, 6.07) is 3.76. The highest BCUT2D eigenvalue weighted by atomic mass is 32.2. The van der Waals surface area contributed by atoms with Crippen LogP contribution in [0.25, 0.3) is 0 Å². The summed E-state index contributed by atoms with van der Waals surface area (Å²) in [6.07, 6.45) is 4.52. The van der Waals surface area contributed by atoms with Crippen LogP contribution in [0.3, 0.4) is 0 Å². The van der Waals surface area contributed by atoms with Gasteiger partial charge in [-0.2, -0.15) is 0 Å². The van der Waals surface area contributed by atoms with Crippen molar-refractivity contribution < 1.29 is 13.9 Å². The highest BCUT2D eigenvalue weighted by Gasteiger charge is 2.08. The first-order chi connectivity index (χ1) is 9.79. The summed E-state index contributed by atoms with van der Waals surface area (Å²) >= 11 is 1.58. The minimum Gasteiger partial charge on any atom is -0.467 e. The third-order valence-electron chi connectivity index (χ3n) is 2.55. The highest BCUT2D eigenvalue weighted by molar-refractivity contribution is 7.99. The van der Waals surface area contributed by atoms with E-state index < -0.39 is 0 Å². The summed E-state index contributed by atoms with van der Waals surface area (Å²) in [5, 5.41) is 8.80. The lowest BCUT2D eigenvalue weighted by molar-refractivity contribution is -0.143. The van der Waals surface area contributed by atoms with Gasteiger partial charge in [0.05, 0.1) is 19.4 Å². The number of carbonyl (C=O) groups excluding carboxylic acids is 1. The lowest BCUT2D eigenvalue weighted by Gasteiger charge is -2.04. The van der Waals surface area contributed by atoms with E-state index in [2.05, 4.69) is 10.2 Å². The van der Waals surface area contributed by atoms with E-state index >= 15 is 0 Å². The van der Waals surface area contributed by atoms with E-state index in [0.29, 0.717) is 19.6 Å². The predicted octanol–water partition coefficient (Wildman–Crippen LogP) is 2.35. The molecule has 0 spiro atoms. The van der Waals surface area contributed by atoms with Gasteiger partial charge in [0.15, 0.2) is 5.16 Å². The second-order valence-corrected chi connectivity index (χ2v) is 5.14. The molecule has 2 rings (SSSR count). The Labute approximate surface area is 121 Å². The van der Waals surface area contributed by atoms with Crippen LogP contribution in [0.15, 0.2) is 34.3 Å². The van der Waals surface area contributed by atoms with E-state index in [-0.39, 0.29) is 5.97 Å². The maximum Gasteiger partial charge on any atom is 0.305 e. The second-order valence-electron chi connectivity index (χ2n) is 4.08. The monoisotopic (exact) mass is 295 g/mol. The standard InChI is InChI=1S/C13H17N3O3S/c1-2-18-12(17)6-4-8-20-13-15-14-10-16(13)9-11-5-3-7-19-11/h3,5,7,10H,2,4,6,8-9H2,1H3. The number of hydrogen-bond donors (Lipinski definition) is 0. The Morgan fingerprint density at radius 1 is 1.55 bits per heavy atom. The Morgan fingerprint density at radius 3 is 3.20 bits per heavy atom. The molecule has 6 nitrogen and oxygen atoms in total. The van der Waals surface area contributed by atoms with Crippen LogP contribution >= 0.6 is 11.8 Å². The largest absolute Gasteiger partial charge is 0.467 e. The molecular formula is C13H17N3O3S. The van der Waals surface area contributed by atoms with Gasteiger partial charge in [0.1, 0.15) is 12.1 Å². The predicted molar refractivity (Wildman–Crippen MR) is 74.4 cm³/mol. The van der Waals surface area contributed by atoms with Gasteiger partial charge in [-0.1, -0.05) is 11.8 Å². The molecule has 0 fully saturated rings. The van der Waals surface area contributed by atoms with E-state index in [1.807, 2.05) is 23.6 Å². The Bertz CT molecular complexity index is 525. The minimum absolute atomic E-state index is 0.148. The van der Waals surface area contributed by atoms with Crippen LogP contribution in [0.5, 0.6) is 0 Å². The van der Waals surface area contributed by atoms with Gasteiger partial charge in [-0.25, -0.2) is 0 Å². The van der Waals surface area contributed by atoms with Gasteiger partial charge >= 0.3 is 5.97 Å². The molecule has 2 heterocycles. The van der Waals surface area contributed by atoms with Crippen molar-refractivity contribution in [3.8, 4) is 0 Å². The number of esters is 1. The molecule has 20 heavy (non-hydrogen) atoms. The number of thioether (sulfide) groups is 1. The van der Waals surface area contributed by atoms with Crippen molar-refractivity contribution in [2.24, 2.45) is 0 Å². The number of carbonyl (C=O) groups is 1. The number of rotatable bonds is 8. The van der Waals surface area contributed by atoms with Crippen LogP contribution in [0, 0.1) is 0 Å². The lowest BCUT2D eigenvalue weighted by Crippen LogP contribution is -2.04. The summed E-state index contributed by atoms with van der Waals surface area (Å²) in [7, 11) is 0. The molecule has 0 aliphatic heterocycles. The van der Waals surface area contributed by atoms with E-state index in [0.717, 1.165) is 23.1 Å². The van der Waals surface area contributed by atoms with Gasteiger partial charge < -0.3 is 13.7 Å². The fraction of sp³-hybridized carbons (Fsp3) is 0.462. The van der Waals surface area contributed by atoms with Crippen LogP contribution in [-0.2, 0) is 16.1 Å². The molecule has 2 aromatic rings. The van der Waals surface area contributed by atoms with E-state index in [1.165, 1.54) is 0 Å². The molecule has 108 valence electrons. The van der Waals surface area contributed by atoms with Crippen molar-refractivity contribution in [1.82, 2.24) is 14.8 Å². The Hall–Kier alpha value is -1.76. The summed E-state index contributed by atoms with van der Waals surface area (Å²) in [6.45, 7) is 2.85. The molecule has 0 aromatic carbocycles. The molecule has 0 amide bonds. The highest BCUT2D eigenvalue weighted by Crippen LogP contribution is 2.18. The molecule has 0 saturated heterocycles. The minimum atomic E-state index is -0.148. The van der Waals surface area contributed by atoms with Gasteiger partial charge in [0.25, 0.3) is 0 Å². The quantitative estimate of drug-likeness (QED) is 0.423. The number of aromatic nitrogens is 3. The van der Waals surface area contributed by atoms with Crippen LogP contribution in [0.2, 0.25) is 0 Å². The lowest BCUT2D eigenvalue weighted by atomic mass is 10.3. The van der Waals surface area contributed by atoms with Crippen LogP contribution in [-0.4, -0.2) is 33.1 Å². The second kappa shape index (κ2) is 7.74. The first-order valence-corrected chi connectivity index (χ1v) is 7.46. The Morgan fingerprint density at radius 2 is 2.45 bits per heavy atom. The Balaban J connectivity index is 1.76. The maximum absolute atomic E-state index is 11.2. The van der Waals surface area contributed by atoms with Gasteiger partial charge in [-0.05, 0) is 25.5 Å². The topological polar surface area (TPSA) is 70.2 Å². The number of nitrogens with zero attached hydrogens (tertiary/aromatic N) is 3. The fourth-order valence-electron chi connectivity index (χ4n) is 1.65. The van der Waals surface area contributed by atoms with E-state index in [9.17, 15) is 4.79 Å². The molecule has 0 radical (unpaired) electrons. The Kier molecular flexibility index (Phi) is 5.67. The first kappa shape index (κ1) is 14.6. The molecule has 0 aliphatic carbocycles. The number of hydrogen-bond acceptors (Lipinski definition) is 6. The van der Waals surface area contributed by atoms with E-state index in [1.54, 1.807) is 24.4 Å². The summed E-state index contributed by atoms with van der Waals surface area (Å²) < 4.78 is 12.1. The van der Waals surface area contributed by atoms with Crippen molar-refractivity contribution >= 4 is 17.7 Å². The molecule has 2 aromatic heterocycles. The third kappa shape index (κ3) is 4.41. The fourth-order valence-corrected chi connectivity index (χ4v) is 2.50. The molecule has 0 bridgehead atoms. The molecule has 7 heteroatoms. The van der Waals surface area contributed by atoms with Gasteiger partial charge in [-0.15, -0.1) is 10.2 Å². The molecular weight excluding hydrogens is 278 g/mol. The van der Waals surface area contributed by atoms with Crippen LogP contribution in [0.1, 0.15) is 25.5 Å². The third-order valence-corrected chi connectivity index (χ3v) is 3.62. The summed E-state index contributed by atoms with van der Waals surface area (Å²) in [5.41, 5.74) is 0. The van der Waals surface area contributed by atoms with E-state index in [4.69, 9.17) is 9.15 Å². The van der Waals surface area contributed by atoms with Crippen molar-refractivity contribution in [3.05, 3.63) is 30.5 Å². The zero-order chi connectivity index (χ0) is 14.2. The van der Waals surface area contributed by atoms with Gasteiger partial charge in [-0.3, -0.25) is 4.79 Å². The normalized spacial score (nSPS) is 10.7. The summed E-state index contributed by atoms with van der Waals surface area (Å²) in [4.78, 5) is 11.2. The van der Waals surface area contributed by atoms with Gasteiger partial charge in [0, 0.05) is 12.2 Å². The van der Waals surface area contributed by atoms with Crippen molar-refractivity contribution in [3.63, 3.8) is 0 Å². The van der Waals surface area contributed by atoms with Crippen molar-refractivity contribution in [2.45, 2.75) is 31.5 Å². The SMILES string of the molecule is CCOC(=O)CCCSc1nncn1Cc1ccco1. The zero-order valence-corrected chi connectivity index (χ0v) is 12.1. The smallest absolute Gasteiger partial charge is 0.305 e. The number of furan rings is 1. The molecule has 0 unspecified atom stereocenters. The summed E-state index contributed by atoms with van der Waals surface area (Å²) in [5.74, 6) is 1.51. The number of ether oxygens (including phenoxy) is 1. The first-order valence-electron chi connectivity index (χ1n) is 6.48.